The third-order valence-electron chi connectivity index (χ3n) is 4.48. The largest absolute Gasteiger partial charge is 0.416 e. The third kappa shape index (κ3) is 2.84. The van der Waals surface area contributed by atoms with E-state index in [9.17, 15) is 9.59 Å². The van der Waals surface area contributed by atoms with Crippen molar-refractivity contribution in [3.05, 3.63) is 98.8 Å². The lowest BCUT2D eigenvalue weighted by Crippen LogP contribution is -2.34. The van der Waals surface area contributed by atoms with E-state index in [1.54, 1.807) is 10.8 Å². The fourth-order valence-electron chi connectivity index (χ4n) is 3.15. The van der Waals surface area contributed by atoms with Gasteiger partial charge in [-0.25, -0.2) is 9.78 Å². The molecule has 26 heavy (non-hydrogen) atoms. The highest BCUT2D eigenvalue weighted by atomic mass is 16.2. The van der Waals surface area contributed by atoms with Crippen molar-refractivity contribution in [1.29, 1.82) is 0 Å². The summed E-state index contributed by atoms with van der Waals surface area (Å²) in [6, 6.07) is 19.5. The van der Waals surface area contributed by atoms with Gasteiger partial charge in [-0.2, -0.15) is 4.57 Å². The maximum absolute atomic E-state index is 12.6. The number of hydrogen-bond acceptors (Lipinski definition) is 2. The first-order chi connectivity index (χ1) is 12.6. The Kier molecular flexibility index (Phi) is 3.97. The number of hydrogen-bond donors (Lipinski definition) is 1. The molecule has 2 aromatic carbocycles. The molecule has 0 saturated heterocycles. The number of fused-ring (bicyclic) bond motifs is 1. The summed E-state index contributed by atoms with van der Waals surface area (Å²) < 4.78 is 1.56. The maximum Gasteiger partial charge on any atom is 0.416 e. The van der Waals surface area contributed by atoms with Crippen molar-refractivity contribution in [2.75, 3.05) is 0 Å². The SMILES string of the molecule is Cc1ccc(-c2cc[nH+]c3c2c(=O)[nH]c(=O)n3Cc2ccccc2)cc1. The van der Waals surface area contributed by atoms with E-state index in [-0.39, 0.29) is 5.56 Å². The molecule has 0 radical (unpaired) electrons. The van der Waals surface area contributed by atoms with Crippen LogP contribution in [-0.4, -0.2) is 9.55 Å². The summed E-state index contributed by atoms with van der Waals surface area (Å²) >= 11 is 0. The molecular formula is C21H18N3O2+. The lowest BCUT2D eigenvalue weighted by molar-refractivity contribution is -0.349. The summed E-state index contributed by atoms with van der Waals surface area (Å²) in [6.45, 7) is 2.39. The zero-order valence-electron chi connectivity index (χ0n) is 14.3. The molecule has 2 aromatic heterocycles. The number of nitrogens with one attached hydrogen (secondary N) is 2. The molecule has 0 fully saturated rings. The second-order valence-electron chi connectivity index (χ2n) is 6.31. The quantitative estimate of drug-likeness (QED) is 0.620. The van der Waals surface area contributed by atoms with Crippen LogP contribution in [0.4, 0.5) is 0 Å². The monoisotopic (exact) mass is 344 g/mol. The predicted molar refractivity (Wildman–Crippen MR) is 101 cm³/mol. The number of rotatable bonds is 3. The topological polar surface area (TPSA) is 69.0 Å². The molecule has 128 valence electrons. The summed E-state index contributed by atoms with van der Waals surface area (Å²) in [7, 11) is 0. The van der Waals surface area contributed by atoms with Gasteiger partial charge in [-0.3, -0.25) is 9.78 Å². The van der Waals surface area contributed by atoms with Crippen molar-refractivity contribution in [3.8, 4) is 11.1 Å². The minimum absolute atomic E-state index is 0.376. The molecule has 0 saturated carbocycles. The molecule has 0 amide bonds. The molecule has 0 aliphatic carbocycles. The zero-order chi connectivity index (χ0) is 18.1. The molecule has 0 atom stereocenters. The average Bonchev–Trinajstić information content (AvgIpc) is 2.66. The fraction of sp³-hybridized carbons (Fsp3) is 0.0952. The molecule has 0 aliphatic rings. The number of benzene rings is 2. The van der Waals surface area contributed by atoms with E-state index in [0.29, 0.717) is 17.6 Å². The van der Waals surface area contributed by atoms with Crippen LogP contribution in [0.25, 0.3) is 22.2 Å². The van der Waals surface area contributed by atoms with Crippen LogP contribution in [0, 0.1) is 6.92 Å². The molecule has 0 bridgehead atoms. The average molecular weight is 344 g/mol. The van der Waals surface area contributed by atoms with Gasteiger partial charge in [0.15, 0.2) is 0 Å². The van der Waals surface area contributed by atoms with Crippen molar-refractivity contribution in [3.63, 3.8) is 0 Å². The molecule has 2 heterocycles. The Morgan fingerprint density at radius 1 is 0.962 bits per heavy atom. The summed E-state index contributed by atoms with van der Waals surface area (Å²) in [5, 5.41) is 0.479. The summed E-state index contributed by atoms with van der Waals surface area (Å²) in [5.74, 6) is 0. The number of aromatic nitrogens is 3. The molecule has 0 spiro atoms. The second-order valence-corrected chi connectivity index (χ2v) is 6.31. The second kappa shape index (κ2) is 6.44. The van der Waals surface area contributed by atoms with Crippen molar-refractivity contribution in [1.82, 2.24) is 9.55 Å². The van der Waals surface area contributed by atoms with Crippen LogP contribution < -0.4 is 16.2 Å². The van der Waals surface area contributed by atoms with Crippen LogP contribution in [-0.2, 0) is 6.54 Å². The number of nitrogens with zero attached hydrogens (tertiary/aromatic N) is 1. The van der Waals surface area contributed by atoms with Gasteiger partial charge >= 0.3 is 5.69 Å². The van der Waals surface area contributed by atoms with Gasteiger partial charge in [-0.05, 0) is 24.1 Å². The van der Waals surface area contributed by atoms with Crippen molar-refractivity contribution < 1.29 is 4.98 Å². The minimum Gasteiger partial charge on any atom is -0.268 e. The lowest BCUT2D eigenvalue weighted by atomic mass is 10.0. The van der Waals surface area contributed by atoms with Gasteiger partial charge in [-0.15, -0.1) is 0 Å². The van der Waals surface area contributed by atoms with E-state index in [1.807, 2.05) is 67.6 Å². The first kappa shape index (κ1) is 16.0. The first-order valence-corrected chi connectivity index (χ1v) is 8.42. The molecule has 0 unspecified atom stereocenters. The summed E-state index contributed by atoms with van der Waals surface area (Å²) in [5.41, 5.74) is 3.56. The molecule has 5 nitrogen and oxygen atoms in total. The van der Waals surface area contributed by atoms with Crippen molar-refractivity contribution in [2.24, 2.45) is 0 Å². The Morgan fingerprint density at radius 3 is 2.42 bits per heavy atom. The highest BCUT2D eigenvalue weighted by Crippen LogP contribution is 2.23. The van der Waals surface area contributed by atoms with Crippen LogP contribution in [0.15, 0.2) is 76.4 Å². The van der Waals surface area contributed by atoms with Gasteiger partial charge < -0.3 is 0 Å². The van der Waals surface area contributed by atoms with Crippen molar-refractivity contribution in [2.45, 2.75) is 13.5 Å². The van der Waals surface area contributed by atoms with E-state index >= 15 is 0 Å². The number of H-pyrrole nitrogens is 2. The Bertz CT molecular complexity index is 1190. The van der Waals surface area contributed by atoms with Crippen LogP contribution in [0.3, 0.4) is 0 Å². The number of aromatic amines is 2. The van der Waals surface area contributed by atoms with Crippen LogP contribution in [0.1, 0.15) is 11.1 Å². The Balaban J connectivity index is 1.97. The highest BCUT2D eigenvalue weighted by Gasteiger charge is 2.19. The Labute approximate surface area is 149 Å². The van der Waals surface area contributed by atoms with E-state index in [2.05, 4.69) is 9.97 Å². The third-order valence-corrected chi connectivity index (χ3v) is 4.48. The Morgan fingerprint density at radius 2 is 1.69 bits per heavy atom. The van der Waals surface area contributed by atoms with Gasteiger partial charge in [0.25, 0.3) is 11.2 Å². The summed E-state index contributed by atoms with van der Waals surface area (Å²) in [6.07, 6.45) is 1.76. The van der Waals surface area contributed by atoms with Gasteiger partial charge in [0, 0.05) is 5.56 Å². The van der Waals surface area contributed by atoms with Crippen LogP contribution >= 0.6 is 0 Å². The van der Waals surface area contributed by atoms with E-state index < -0.39 is 5.69 Å². The summed E-state index contributed by atoms with van der Waals surface area (Å²) in [4.78, 5) is 30.6. The number of pyridine rings is 1. The predicted octanol–water partition coefficient (Wildman–Crippen LogP) is 2.53. The van der Waals surface area contributed by atoms with Crippen LogP contribution in [0.2, 0.25) is 0 Å². The molecule has 2 N–H and O–H groups in total. The van der Waals surface area contributed by atoms with Gasteiger partial charge in [0.1, 0.15) is 11.9 Å². The maximum atomic E-state index is 12.6. The normalized spacial score (nSPS) is 11.0. The van der Waals surface area contributed by atoms with Gasteiger partial charge in [0.05, 0.1) is 6.20 Å². The minimum atomic E-state index is -0.427. The lowest BCUT2D eigenvalue weighted by Gasteiger charge is -2.07. The number of aryl methyl sites for hydroxylation is 1. The molecule has 0 aliphatic heterocycles. The highest BCUT2D eigenvalue weighted by molar-refractivity contribution is 5.90. The van der Waals surface area contributed by atoms with Crippen molar-refractivity contribution >= 4 is 11.0 Å². The first-order valence-electron chi connectivity index (χ1n) is 8.42. The van der Waals surface area contributed by atoms with E-state index in [4.69, 9.17) is 0 Å². The smallest absolute Gasteiger partial charge is 0.268 e. The van der Waals surface area contributed by atoms with Crippen LogP contribution in [0.5, 0.6) is 0 Å². The zero-order valence-corrected chi connectivity index (χ0v) is 14.3. The molecular weight excluding hydrogens is 326 g/mol. The fourth-order valence-corrected chi connectivity index (χ4v) is 3.15. The van der Waals surface area contributed by atoms with E-state index in [0.717, 1.165) is 22.3 Å². The molecule has 4 rings (SSSR count). The van der Waals surface area contributed by atoms with E-state index in [1.165, 1.54) is 0 Å². The van der Waals surface area contributed by atoms with Gasteiger partial charge in [0.2, 0.25) is 0 Å². The molecule has 5 heteroatoms. The van der Waals surface area contributed by atoms with Gasteiger partial charge in [-0.1, -0.05) is 60.2 Å². The molecule has 4 aromatic rings. The standard InChI is InChI=1S/C21H17N3O2/c1-14-7-9-16(10-8-14)17-11-12-22-19-18(17)20(25)23-21(26)24(19)13-15-5-3-2-4-6-15/h2-12H,13H2,1H3,(H,23,25,26)/p+1. The Hall–Kier alpha value is -3.47.